The first-order valence-electron chi connectivity index (χ1n) is 11.9. The van der Waals surface area contributed by atoms with Gasteiger partial charge in [-0.15, -0.1) is 0 Å². The van der Waals surface area contributed by atoms with E-state index in [-0.39, 0.29) is 11.8 Å². The zero-order chi connectivity index (χ0) is 23.0. The molecule has 1 spiro atoms. The number of esters is 1. The van der Waals surface area contributed by atoms with Crippen molar-refractivity contribution in [1.82, 2.24) is 0 Å². The summed E-state index contributed by atoms with van der Waals surface area (Å²) in [6, 6.07) is 10.3. The number of carbonyl (C=O) groups is 2. The van der Waals surface area contributed by atoms with Crippen molar-refractivity contribution in [3.8, 4) is 0 Å². The first kappa shape index (κ1) is 27.3. The predicted molar refractivity (Wildman–Crippen MR) is 124 cm³/mol. The van der Waals surface area contributed by atoms with Gasteiger partial charge in [0.15, 0.2) is 5.79 Å². The molecule has 0 bridgehead atoms. The molecule has 1 aliphatic heterocycles. The lowest BCUT2D eigenvalue weighted by molar-refractivity contribution is -0.183. The summed E-state index contributed by atoms with van der Waals surface area (Å²) in [6.07, 6.45) is 8.29. The van der Waals surface area contributed by atoms with Crippen LogP contribution in [0.15, 0.2) is 30.3 Å². The number of carbonyl (C=O) groups excluding carboxylic acids is 2. The SMILES string of the molecule is CC(=O)CC1CCC2(CC1)OCCO2.CCCCC(=O)OCCC.Cc1ccccc1. The van der Waals surface area contributed by atoms with E-state index < -0.39 is 0 Å². The summed E-state index contributed by atoms with van der Waals surface area (Å²) in [5.74, 6) is 0.543. The van der Waals surface area contributed by atoms with Crippen LogP contribution in [0.4, 0.5) is 0 Å². The van der Waals surface area contributed by atoms with Crippen LogP contribution in [-0.4, -0.2) is 37.4 Å². The molecule has 1 aromatic carbocycles. The second-order valence-corrected chi connectivity index (χ2v) is 8.44. The van der Waals surface area contributed by atoms with Gasteiger partial charge in [-0.1, -0.05) is 56.2 Å². The smallest absolute Gasteiger partial charge is 0.305 e. The lowest BCUT2D eigenvalue weighted by atomic mass is 9.82. The third-order valence-electron chi connectivity index (χ3n) is 5.40. The van der Waals surface area contributed by atoms with E-state index in [1.54, 1.807) is 6.92 Å². The van der Waals surface area contributed by atoms with Gasteiger partial charge in [0.05, 0.1) is 19.8 Å². The second kappa shape index (κ2) is 16.0. The normalized spacial score (nSPS) is 17.2. The standard InChI is InChI=1S/C11H18O3.C8H16O2.C7H8/c1-9(12)8-10-2-4-11(5-3-10)13-6-7-14-11;1-3-5-6-8(9)10-7-4-2;1-7-5-3-2-4-6-7/h10H,2-8H2,1H3;3-7H2,1-2H3;2-6H,1H3. The zero-order valence-corrected chi connectivity index (χ0v) is 20.0. The Kier molecular flexibility index (Phi) is 14.1. The summed E-state index contributed by atoms with van der Waals surface area (Å²) >= 11 is 0. The Morgan fingerprint density at radius 2 is 1.65 bits per heavy atom. The summed E-state index contributed by atoms with van der Waals surface area (Å²) in [6.45, 7) is 9.85. The molecule has 1 saturated carbocycles. The summed E-state index contributed by atoms with van der Waals surface area (Å²) in [7, 11) is 0. The maximum atomic E-state index is 11.0. The van der Waals surface area contributed by atoms with Crippen molar-refractivity contribution < 1.29 is 23.8 Å². The van der Waals surface area contributed by atoms with Crippen molar-refractivity contribution in [3.63, 3.8) is 0 Å². The molecule has 5 heteroatoms. The van der Waals surface area contributed by atoms with Crippen LogP contribution in [0, 0.1) is 12.8 Å². The average molecular weight is 435 g/mol. The van der Waals surface area contributed by atoms with Crippen LogP contribution in [0.1, 0.15) is 84.1 Å². The first-order valence-corrected chi connectivity index (χ1v) is 11.9. The van der Waals surface area contributed by atoms with Gasteiger partial charge >= 0.3 is 5.97 Å². The van der Waals surface area contributed by atoms with Crippen molar-refractivity contribution in [2.75, 3.05) is 19.8 Å². The molecule has 0 unspecified atom stereocenters. The minimum atomic E-state index is -0.271. The van der Waals surface area contributed by atoms with Crippen molar-refractivity contribution in [3.05, 3.63) is 35.9 Å². The van der Waals surface area contributed by atoms with E-state index in [0.717, 1.165) is 64.6 Å². The highest BCUT2D eigenvalue weighted by molar-refractivity contribution is 5.75. The summed E-state index contributed by atoms with van der Waals surface area (Å²) in [5.41, 5.74) is 1.32. The number of hydrogen-bond acceptors (Lipinski definition) is 5. The van der Waals surface area contributed by atoms with Gasteiger partial charge in [-0.05, 0) is 45.4 Å². The van der Waals surface area contributed by atoms with E-state index in [2.05, 4.69) is 26.0 Å². The molecule has 0 N–H and O–H groups in total. The van der Waals surface area contributed by atoms with E-state index in [0.29, 0.717) is 24.7 Å². The molecule has 0 radical (unpaired) electrons. The van der Waals surface area contributed by atoms with Gasteiger partial charge in [0.2, 0.25) is 0 Å². The fourth-order valence-corrected chi connectivity index (χ4v) is 3.66. The lowest BCUT2D eigenvalue weighted by Crippen LogP contribution is -2.35. The highest BCUT2D eigenvalue weighted by Gasteiger charge is 2.40. The van der Waals surface area contributed by atoms with Crippen LogP contribution in [0.5, 0.6) is 0 Å². The topological polar surface area (TPSA) is 61.8 Å². The maximum Gasteiger partial charge on any atom is 0.305 e. The molecule has 1 saturated heterocycles. The summed E-state index contributed by atoms with van der Waals surface area (Å²) in [5, 5.41) is 0. The summed E-state index contributed by atoms with van der Waals surface area (Å²) < 4.78 is 16.1. The van der Waals surface area contributed by atoms with Gasteiger partial charge in [-0.3, -0.25) is 4.79 Å². The van der Waals surface area contributed by atoms with Gasteiger partial charge < -0.3 is 19.0 Å². The Morgan fingerprint density at radius 3 is 2.10 bits per heavy atom. The van der Waals surface area contributed by atoms with Gasteiger partial charge in [0.1, 0.15) is 5.78 Å². The molecule has 5 nitrogen and oxygen atoms in total. The van der Waals surface area contributed by atoms with E-state index in [1.807, 2.05) is 25.1 Å². The van der Waals surface area contributed by atoms with Gasteiger partial charge in [-0.25, -0.2) is 0 Å². The van der Waals surface area contributed by atoms with Crippen LogP contribution < -0.4 is 0 Å². The molecule has 1 aromatic rings. The number of aryl methyl sites for hydroxylation is 1. The molecule has 1 heterocycles. The zero-order valence-electron chi connectivity index (χ0n) is 20.0. The van der Waals surface area contributed by atoms with E-state index in [4.69, 9.17) is 14.2 Å². The molecule has 0 aromatic heterocycles. The summed E-state index contributed by atoms with van der Waals surface area (Å²) in [4.78, 5) is 21.7. The lowest BCUT2D eigenvalue weighted by Gasteiger charge is -2.35. The predicted octanol–water partition coefficient (Wildman–Crippen LogP) is 6.02. The molecule has 3 rings (SSSR count). The molecule has 0 amide bonds. The number of ketones is 1. The molecular formula is C26H42O5. The fourth-order valence-electron chi connectivity index (χ4n) is 3.66. The molecule has 176 valence electrons. The van der Waals surface area contributed by atoms with E-state index in [9.17, 15) is 9.59 Å². The highest BCUT2D eigenvalue weighted by atomic mass is 16.7. The molecule has 31 heavy (non-hydrogen) atoms. The third kappa shape index (κ3) is 12.7. The quantitative estimate of drug-likeness (QED) is 0.491. The minimum absolute atomic E-state index is 0.0521. The first-order chi connectivity index (χ1) is 14.9. The number of ether oxygens (including phenoxy) is 3. The number of unbranched alkanes of at least 4 members (excludes halogenated alkanes) is 1. The molecule has 0 atom stereocenters. The van der Waals surface area contributed by atoms with Gasteiger partial charge in [-0.2, -0.15) is 0 Å². The Bertz CT molecular complexity index is 587. The Hall–Kier alpha value is -1.72. The van der Waals surface area contributed by atoms with Crippen LogP contribution in [-0.2, 0) is 23.8 Å². The van der Waals surface area contributed by atoms with Crippen LogP contribution in [0.25, 0.3) is 0 Å². The molecular weight excluding hydrogens is 392 g/mol. The van der Waals surface area contributed by atoms with Crippen LogP contribution in [0.2, 0.25) is 0 Å². The maximum absolute atomic E-state index is 11.0. The molecule has 2 fully saturated rings. The van der Waals surface area contributed by atoms with Gasteiger partial charge in [0.25, 0.3) is 0 Å². The van der Waals surface area contributed by atoms with Crippen molar-refractivity contribution >= 4 is 11.8 Å². The minimum Gasteiger partial charge on any atom is -0.466 e. The second-order valence-electron chi connectivity index (χ2n) is 8.44. The van der Waals surface area contributed by atoms with E-state index >= 15 is 0 Å². The Morgan fingerprint density at radius 1 is 1.03 bits per heavy atom. The number of hydrogen-bond donors (Lipinski definition) is 0. The Labute approximate surface area is 188 Å². The molecule has 1 aliphatic carbocycles. The number of rotatable bonds is 7. The monoisotopic (exact) mass is 434 g/mol. The number of Topliss-reactive ketones (excluding diaryl/α,β-unsaturated/α-hetero) is 1. The van der Waals surface area contributed by atoms with Crippen LogP contribution >= 0.6 is 0 Å². The largest absolute Gasteiger partial charge is 0.466 e. The van der Waals surface area contributed by atoms with Crippen molar-refractivity contribution in [2.24, 2.45) is 5.92 Å². The van der Waals surface area contributed by atoms with Crippen molar-refractivity contribution in [2.45, 2.75) is 91.3 Å². The van der Waals surface area contributed by atoms with Gasteiger partial charge in [0, 0.05) is 25.7 Å². The average Bonchev–Trinajstić information content (AvgIpc) is 3.22. The Balaban J connectivity index is 0.000000248. The third-order valence-corrected chi connectivity index (χ3v) is 5.40. The number of benzene rings is 1. The molecule has 2 aliphatic rings. The van der Waals surface area contributed by atoms with Crippen LogP contribution in [0.3, 0.4) is 0 Å². The fraction of sp³-hybridized carbons (Fsp3) is 0.692. The van der Waals surface area contributed by atoms with Crippen molar-refractivity contribution in [1.29, 1.82) is 0 Å². The van der Waals surface area contributed by atoms with E-state index in [1.165, 1.54) is 5.56 Å². The highest BCUT2D eigenvalue weighted by Crippen LogP contribution is 2.39.